The Morgan fingerprint density at radius 2 is 2.00 bits per heavy atom. The number of nitrogens with one attached hydrogen (secondary N) is 1. The molecule has 6 heteroatoms. The second-order valence-corrected chi connectivity index (χ2v) is 4.85. The summed E-state index contributed by atoms with van der Waals surface area (Å²) in [5.41, 5.74) is 1.10. The number of aromatic nitrogens is 2. The molecule has 0 spiro atoms. The summed E-state index contributed by atoms with van der Waals surface area (Å²) in [5.74, 6) is -1.70. The lowest BCUT2D eigenvalue weighted by molar-refractivity contribution is 0.143. The quantitative estimate of drug-likeness (QED) is 0.723. The Labute approximate surface area is 123 Å². The van der Waals surface area contributed by atoms with E-state index in [0.29, 0.717) is 17.6 Å². The summed E-state index contributed by atoms with van der Waals surface area (Å²) < 4.78 is 33.4. The average Bonchev–Trinajstić information content (AvgIpc) is 2.85. The highest BCUT2D eigenvalue weighted by atomic mass is 19.2. The van der Waals surface area contributed by atoms with Crippen LogP contribution in [0.1, 0.15) is 19.8 Å². The van der Waals surface area contributed by atoms with Crippen molar-refractivity contribution in [2.45, 2.75) is 26.3 Å². The number of nitrogens with zero attached hydrogens (tertiary/aromatic N) is 2. The molecule has 21 heavy (non-hydrogen) atoms. The van der Waals surface area contributed by atoms with Crippen molar-refractivity contribution < 1.29 is 13.5 Å². The van der Waals surface area contributed by atoms with Gasteiger partial charge in [-0.3, -0.25) is 0 Å². The second kappa shape index (κ2) is 8.05. The first-order chi connectivity index (χ1) is 10.2. The first-order valence-electron chi connectivity index (χ1n) is 7.30. The lowest BCUT2D eigenvalue weighted by atomic mass is 10.3. The van der Waals surface area contributed by atoms with Gasteiger partial charge in [0.2, 0.25) is 0 Å². The van der Waals surface area contributed by atoms with Crippen molar-refractivity contribution in [2.75, 3.05) is 26.3 Å². The van der Waals surface area contributed by atoms with Crippen LogP contribution in [-0.2, 0) is 11.3 Å². The first kappa shape index (κ1) is 15.9. The van der Waals surface area contributed by atoms with Crippen LogP contribution in [0.5, 0.6) is 0 Å². The zero-order valence-electron chi connectivity index (χ0n) is 12.2. The van der Waals surface area contributed by atoms with Crippen LogP contribution in [0.4, 0.5) is 8.78 Å². The standard InChI is InChI=1S/C15H21F2N3O/c1-2-21-8-4-3-5-18-6-7-20-11-19-14-9-12(16)13(17)10-15(14)20/h9-11,18H,2-8H2,1H3. The summed E-state index contributed by atoms with van der Waals surface area (Å²) in [6.45, 7) is 5.91. The van der Waals surface area contributed by atoms with E-state index < -0.39 is 11.6 Å². The number of halogens is 2. The van der Waals surface area contributed by atoms with E-state index in [4.69, 9.17) is 4.74 Å². The normalized spacial score (nSPS) is 11.4. The number of hydrogen-bond donors (Lipinski definition) is 1. The molecule has 2 rings (SSSR count). The molecule has 0 saturated carbocycles. The molecule has 1 N–H and O–H groups in total. The van der Waals surface area contributed by atoms with E-state index in [9.17, 15) is 8.78 Å². The molecule has 116 valence electrons. The van der Waals surface area contributed by atoms with Crippen molar-refractivity contribution >= 4 is 11.0 Å². The Kier molecular flexibility index (Phi) is 6.07. The fourth-order valence-corrected chi connectivity index (χ4v) is 2.15. The molecule has 0 radical (unpaired) electrons. The van der Waals surface area contributed by atoms with Crippen LogP contribution < -0.4 is 5.32 Å². The van der Waals surface area contributed by atoms with Gasteiger partial charge in [-0.05, 0) is 26.3 Å². The zero-order valence-corrected chi connectivity index (χ0v) is 12.2. The van der Waals surface area contributed by atoms with Crippen molar-refractivity contribution in [1.29, 1.82) is 0 Å². The summed E-state index contributed by atoms with van der Waals surface area (Å²) in [7, 11) is 0. The van der Waals surface area contributed by atoms with Gasteiger partial charge in [-0.2, -0.15) is 0 Å². The predicted octanol–water partition coefficient (Wildman–Crippen LogP) is 2.72. The third-order valence-electron chi connectivity index (χ3n) is 3.29. The minimum Gasteiger partial charge on any atom is -0.382 e. The van der Waals surface area contributed by atoms with Crippen molar-refractivity contribution in [1.82, 2.24) is 14.9 Å². The van der Waals surface area contributed by atoms with Gasteiger partial charge >= 0.3 is 0 Å². The van der Waals surface area contributed by atoms with Crippen LogP contribution >= 0.6 is 0 Å². The van der Waals surface area contributed by atoms with Crippen LogP contribution in [-0.4, -0.2) is 35.9 Å². The molecule has 0 aliphatic carbocycles. The van der Waals surface area contributed by atoms with Gasteiger partial charge in [0, 0.05) is 38.4 Å². The molecular weight excluding hydrogens is 276 g/mol. The molecule has 0 saturated heterocycles. The first-order valence-corrected chi connectivity index (χ1v) is 7.30. The van der Waals surface area contributed by atoms with Gasteiger partial charge in [-0.1, -0.05) is 0 Å². The fourth-order valence-electron chi connectivity index (χ4n) is 2.15. The van der Waals surface area contributed by atoms with Crippen molar-refractivity contribution in [3.63, 3.8) is 0 Å². The highest BCUT2D eigenvalue weighted by Gasteiger charge is 2.08. The highest BCUT2D eigenvalue weighted by molar-refractivity contribution is 5.75. The zero-order chi connectivity index (χ0) is 15.1. The minimum absolute atomic E-state index is 0.477. The summed E-state index contributed by atoms with van der Waals surface area (Å²) in [6.07, 6.45) is 3.71. The molecule has 0 bridgehead atoms. The third-order valence-corrected chi connectivity index (χ3v) is 3.29. The van der Waals surface area contributed by atoms with E-state index in [-0.39, 0.29) is 0 Å². The summed E-state index contributed by atoms with van der Waals surface area (Å²) in [4.78, 5) is 4.08. The van der Waals surface area contributed by atoms with Crippen LogP contribution in [0.3, 0.4) is 0 Å². The number of ether oxygens (including phenoxy) is 1. The summed E-state index contributed by atoms with van der Waals surface area (Å²) in [5, 5.41) is 3.32. The average molecular weight is 297 g/mol. The molecule has 0 aliphatic heterocycles. The summed E-state index contributed by atoms with van der Waals surface area (Å²) >= 11 is 0. The van der Waals surface area contributed by atoms with Crippen LogP contribution in [0.2, 0.25) is 0 Å². The van der Waals surface area contributed by atoms with Gasteiger partial charge < -0.3 is 14.6 Å². The SMILES string of the molecule is CCOCCCCNCCn1cnc2cc(F)c(F)cc21. The van der Waals surface area contributed by atoms with Gasteiger partial charge in [0.15, 0.2) is 11.6 Å². The lowest BCUT2D eigenvalue weighted by Crippen LogP contribution is -2.21. The predicted molar refractivity (Wildman–Crippen MR) is 78.2 cm³/mol. The fraction of sp³-hybridized carbons (Fsp3) is 0.533. The molecule has 0 atom stereocenters. The van der Waals surface area contributed by atoms with Crippen molar-refractivity contribution in [3.8, 4) is 0 Å². The molecule has 0 aliphatic rings. The second-order valence-electron chi connectivity index (χ2n) is 4.85. The largest absolute Gasteiger partial charge is 0.382 e. The van der Waals surface area contributed by atoms with Crippen LogP contribution in [0.25, 0.3) is 11.0 Å². The smallest absolute Gasteiger partial charge is 0.161 e. The molecule has 2 aromatic rings. The third kappa shape index (κ3) is 4.47. The van der Waals surface area contributed by atoms with Gasteiger partial charge in [0.1, 0.15) is 0 Å². The van der Waals surface area contributed by atoms with Gasteiger partial charge in [-0.25, -0.2) is 13.8 Å². The maximum Gasteiger partial charge on any atom is 0.161 e. The molecule has 0 unspecified atom stereocenters. The van der Waals surface area contributed by atoms with Gasteiger partial charge in [-0.15, -0.1) is 0 Å². The monoisotopic (exact) mass is 297 g/mol. The number of fused-ring (bicyclic) bond motifs is 1. The van der Waals surface area contributed by atoms with E-state index in [1.165, 1.54) is 6.07 Å². The molecule has 1 aromatic carbocycles. The highest BCUT2D eigenvalue weighted by Crippen LogP contribution is 2.17. The van der Waals surface area contributed by atoms with Crippen molar-refractivity contribution in [3.05, 3.63) is 30.1 Å². The summed E-state index contributed by atoms with van der Waals surface area (Å²) in [6, 6.07) is 2.32. The number of imidazole rings is 1. The van der Waals surface area contributed by atoms with E-state index in [1.807, 2.05) is 11.5 Å². The number of benzene rings is 1. The maximum atomic E-state index is 13.3. The lowest BCUT2D eigenvalue weighted by Gasteiger charge is -2.07. The number of rotatable bonds is 9. The topological polar surface area (TPSA) is 39.1 Å². The molecule has 1 heterocycles. The van der Waals surface area contributed by atoms with Gasteiger partial charge in [0.25, 0.3) is 0 Å². The molecular formula is C15H21F2N3O. The van der Waals surface area contributed by atoms with E-state index in [1.54, 1.807) is 6.33 Å². The van der Waals surface area contributed by atoms with Gasteiger partial charge in [0.05, 0.1) is 17.4 Å². The molecule has 0 amide bonds. The number of unbranched alkanes of at least 4 members (excludes halogenated alkanes) is 1. The molecule has 4 nitrogen and oxygen atoms in total. The molecule has 0 fully saturated rings. The Bertz CT molecular complexity index is 571. The molecule has 1 aromatic heterocycles. The van der Waals surface area contributed by atoms with E-state index in [0.717, 1.165) is 45.2 Å². The minimum atomic E-state index is -0.861. The Balaban J connectivity index is 1.75. The number of hydrogen-bond acceptors (Lipinski definition) is 3. The van der Waals surface area contributed by atoms with E-state index >= 15 is 0 Å². The Morgan fingerprint density at radius 1 is 1.19 bits per heavy atom. The Morgan fingerprint density at radius 3 is 2.81 bits per heavy atom. The Hall–Kier alpha value is -1.53. The van der Waals surface area contributed by atoms with Crippen LogP contribution in [0.15, 0.2) is 18.5 Å². The maximum absolute atomic E-state index is 13.3. The van der Waals surface area contributed by atoms with Crippen LogP contribution in [0, 0.1) is 11.6 Å². The van der Waals surface area contributed by atoms with E-state index in [2.05, 4.69) is 10.3 Å². The van der Waals surface area contributed by atoms with Crippen molar-refractivity contribution in [2.24, 2.45) is 0 Å².